The first kappa shape index (κ1) is 26.4. The van der Waals surface area contributed by atoms with E-state index in [0.717, 1.165) is 29.7 Å². The molecule has 0 heterocycles. The normalized spacial score (nSPS) is 13.7. The summed E-state index contributed by atoms with van der Waals surface area (Å²) in [5, 5.41) is 6.47. The van der Waals surface area contributed by atoms with E-state index >= 15 is 0 Å². The molecule has 0 spiro atoms. The molecule has 5 heteroatoms. The van der Waals surface area contributed by atoms with Gasteiger partial charge in [0, 0.05) is 51.2 Å². The fourth-order valence-corrected chi connectivity index (χ4v) is 10.8. The Morgan fingerprint density at radius 1 is 0.778 bits per heavy atom. The zero-order chi connectivity index (χ0) is 24.5. The van der Waals surface area contributed by atoms with Gasteiger partial charge in [-0.2, -0.15) is 0 Å². The monoisotopic (exact) mass is 564 g/mol. The molecule has 1 radical (unpaired) electrons. The van der Waals surface area contributed by atoms with Gasteiger partial charge in [-0.05, 0) is 61.4 Å². The maximum Gasteiger partial charge on any atom is 0.269 e. The second-order valence-corrected chi connectivity index (χ2v) is 13.0. The maximum atomic E-state index is 14.4. The number of carbonyl (C=O) groups excluding carboxylic acids is 1. The van der Waals surface area contributed by atoms with Crippen molar-refractivity contribution >= 4 is 40.5 Å². The minimum atomic E-state index is -2.34. The molecule has 1 amide bonds. The summed E-state index contributed by atoms with van der Waals surface area (Å²) in [6, 6.07) is 35.5. The second-order valence-electron chi connectivity index (χ2n) is 9.23. The average Bonchev–Trinajstić information content (AvgIpc) is 3.71. The topological polar surface area (TPSA) is 33.5 Å². The van der Waals surface area contributed by atoms with Crippen molar-refractivity contribution in [2.75, 3.05) is 5.32 Å². The molecule has 175 valence electrons. The molecule has 3 nitrogen and oxygen atoms in total. The Morgan fingerprint density at radius 2 is 1.17 bits per heavy atom. The van der Waals surface area contributed by atoms with Crippen LogP contribution in [0.5, 0.6) is 0 Å². The van der Waals surface area contributed by atoms with Crippen molar-refractivity contribution < 1.29 is 37.5 Å². The van der Waals surface area contributed by atoms with Crippen LogP contribution >= 0.6 is 7.26 Å². The Kier molecular flexibility index (Phi) is 7.92. The van der Waals surface area contributed by atoms with Crippen LogP contribution < -0.4 is 21.2 Å². The van der Waals surface area contributed by atoms with Crippen LogP contribution in [-0.4, -0.2) is 11.1 Å². The summed E-state index contributed by atoms with van der Waals surface area (Å²) < 4.78 is 0. The minimum absolute atomic E-state index is 0. The van der Waals surface area contributed by atoms with E-state index in [-0.39, 0.29) is 38.6 Å². The molecule has 0 unspecified atom stereocenters. The van der Waals surface area contributed by atoms with Crippen molar-refractivity contribution in [2.24, 2.45) is 0 Å². The molecule has 0 saturated heterocycles. The number of nitrogens with one attached hydrogen (secondary N) is 1. The van der Waals surface area contributed by atoms with Gasteiger partial charge < -0.3 is 5.32 Å². The van der Waals surface area contributed by atoms with E-state index < -0.39 is 12.4 Å². The molecule has 1 aliphatic carbocycles. The summed E-state index contributed by atoms with van der Waals surface area (Å²) in [5.74, 6) is 0.0733. The van der Waals surface area contributed by atoms with Crippen LogP contribution in [0.2, 0.25) is 0 Å². The van der Waals surface area contributed by atoms with Gasteiger partial charge in [-0.3, -0.25) is 4.79 Å². The molecule has 1 N–H and O–H groups in total. The molecular weight excluding hydrogens is 536 g/mol. The standard InChI is InChI=1S/C31H27N2OP.Y/c1-23-21-25(32-3)22-24(2)29(23)33-30(34)31(19-20-31)35(26-13-7-4-8-14-26,27-15-9-5-10-16-27)28-17-11-6-12-18-28;/h4-18,21-22H,19-20H2,1-2H3;/p+1. The third kappa shape index (κ3) is 4.37. The summed E-state index contributed by atoms with van der Waals surface area (Å²) in [7, 11) is -2.34. The summed E-state index contributed by atoms with van der Waals surface area (Å²) in [6.45, 7) is 11.3. The van der Waals surface area contributed by atoms with Crippen LogP contribution in [-0.2, 0) is 37.5 Å². The van der Waals surface area contributed by atoms with Crippen molar-refractivity contribution in [2.45, 2.75) is 31.8 Å². The fraction of sp³-hybridized carbons (Fsp3) is 0.161. The molecule has 1 fully saturated rings. The number of benzene rings is 4. The van der Waals surface area contributed by atoms with Crippen LogP contribution in [0.3, 0.4) is 0 Å². The number of aryl methyl sites for hydroxylation is 2. The van der Waals surface area contributed by atoms with Crippen LogP contribution in [0.4, 0.5) is 11.4 Å². The Balaban J connectivity index is 0.00000304. The summed E-state index contributed by atoms with van der Waals surface area (Å²) in [4.78, 5) is 18.0. The predicted octanol–water partition coefficient (Wildman–Crippen LogP) is 6.32. The SMILES string of the molecule is [C-]#[N+]c1cc(C)c(NC(=O)C2([P+](c3ccccc3)(c3ccccc3)c3ccccc3)CC2)c(C)c1.[Y]. The van der Waals surface area contributed by atoms with Gasteiger partial charge in [0.15, 0.2) is 10.8 Å². The van der Waals surface area contributed by atoms with Gasteiger partial charge in [0.25, 0.3) is 5.91 Å². The van der Waals surface area contributed by atoms with Crippen LogP contribution in [0.15, 0.2) is 103 Å². The third-order valence-corrected chi connectivity index (χ3v) is 12.3. The molecule has 4 aromatic rings. The Hall–Kier alpha value is -2.63. The number of carbonyl (C=O) groups is 1. The third-order valence-electron chi connectivity index (χ3n) is 7.10. The molecule has 0 bridgehead atoms. The first-order valence-electron chi connectivity index (χ1n) is 11.9. The van der Waals surface area contributed by atoms with Crippen LogP contribution in [0.25, 0.3) is 4.85 Å². The summed E-state index contributed by atoms with van der Waals surface area (Å²) in [6.07, 6.45) is 1.67. The van der Waals surface area contributed by atoms with Gasteiger partial charge in [0.2, 0.25) is 0 Å². The van der Waals surface area contributed by atoms with Gasteiger partial charge in [0.05, 0.1) is 6.57 Å². The van der Waals surface area contributed by atoms with Gasteiger partial charge in [-0.1, -0.05) is 66.7 Å². The molecule has 0 aromatic heterocycles. The van der Waals surface area contributed by atoms with Gasteiger partial charge in [0.1, 0.15) is 23.2 Å². The second kappa shape index (κ2) is 10.8. The van der Waals surface area contributed by atoms with Gasteiger partial charge >= 0.3 is 0 Å². The Labute approximate surface area is 239 Å². The van der Waals surface area contributed by atoms with Crippen molar-refractivity contribution in [3.8, 4) is 0 Å². The quantitative estimate of drug-likeness (QED) is 0.216. The van der Waals surface area contributed by atoms with Crippen molar-refractivity contribution in [1.29, 1.82) is 0 Å². The number of nitrogens with zero attached hydrogens (tertiary/aromatic N) is 1. The first-order chi connectivity index (χ1) is 17.0. The van der Waals surface area contributed by atoms with E-state index in [0.29, 0.717) is 5.69 Å². The summed E-state index contributed by atoms with van der Waals surface area (Å²) >= 11 is 0. The Morgan fingerprint density at radius 3 is 1.50 bits per heavy atom. The van der Waals surface area contributed by atoms with Gasteiger partial charge in [-0.25, -0.2) is 4.85 Å². The zero-order valence-corrected chi connectivity index (χ0v) is 24.3. The largest absolute Gasteiger partial charge is 0.322 e. The van der Waals surface area contributed by atoms with E-state index in [1.165, 1.54) is 15.9 Å². The first-order valence-corrected chi connectivity index (χ1v) is 13.7. The van der Waals surface area contributed by atoms with Crippen LogP contribution in [0, 0.1) is 20.4 Å². The van der Waals surface area contributed by atoms with Crippen LogP contribution in [0.1, 0.15) is 24.0 Å². The number of hydrogen-bond acceptors (Lipinski definition) is 1. The number of rotatable bonds is 6. The molecule has 4 aromatic carbocycles. The molecule has 0 atom stereocenters. The number of amides is 1. The smallest absolute Gasteiger partial charge is 0.269 e. The maximum absolute atomic E-state index is 14.4. The van der Waals surface area contributed by atoms with E-state index in [2.05, 4.69) is 83.0 Å². The van der Waals surface area contributed by atoms with E-state index in [9.17, 15) is 4.79 Å². The van der Waals surface area contributed by atoms with Crippen molar-refractivity contribution in [3.05, 3.63) is 126 Å². The molecule has 1 aliphatic rings. The fourth-order valence-electron chi connectivity index (χ4n) is 5.41. The Bertz CT molecular complexity index is 1290. The average molecular weight is 564 g/mol. The number of hydrogen-bond donors (Lipinski definition) is 1. The minimum Gasteiger partial charge on any atom is -0.322 e. The molecule has 36 heavy (non-hydrogen) atoms. The van der Waals surface area contributed by atoms with E-state index in [4.69, 9.17) is 6.57 Å². The van der Waals surface area contributed by atoms with Crippen molar-refractivity contribution in [1.82, 2.24) is 0 Å². The van der Waals surface area contributed by atoms with E-state index in [1.54, 1.807) is 0 Å². The van der Waals surface area contributed by atoms with Gasteiger partial charge in [-0.15, -0.1) is 0 Å². The van der Waals surface area contributed by atoms with Crippen molar-refractivity contribution in [3.63, 3.8) is 0 Å². The molecule has 5 rings (SSSR count). The predicted molar refractivity (Wildman–Crippen MR) is 148 cm³/mol. The summed E-state index contributed by atoms with van der Waals surface area (Å²) in [5.41, 5.74) is 3.26. The molecule has 0 aliphatic heterocycles. The molecular formula is C31H28N2OPY+. The number of anilines is 1. The molecule has 1 saturated carbocycles. The van der Waals surface area contributed by atoms with E-state index in [1.807, 2.05) is 44.2 Å². The zero-order valence-electron chi connectivity index (χ0n) is 20.6.